The van der Waals surface area contributed by atoms with Gasteiger partial charge in [-0.2, -0.15) is 0 Å². The maximum atomic E-state index is 13.8. The molecule has 0 N–H and O–H groups in total. The van der Waals surface area contributed by atoms with Crippen LogP contribution in [0.4, 0.5) is 10.1 Å². The van der Waals surface area contributed by atoms with E-state index in [0.717, 1.165) is 25.9 Å². The fraction of sp³-hybridized carbons (Fsp3) is 0.381. The third-order valence-electron chi connectivity index (χ3n) is 5.02. The van der Waals surface area contributed by atoms with Crippen LogP contribution in [0.3, 0.4) is 0 Å². The van der Waals surface area contributed by atoms with Crippen molar-refractivity contribution < 1.29 is 18.7 Å². The Labute approximate surface area is 163 Å². The minimum absolute atomic E-state index is 0.0301. The summed E-state index contributed by atoms with van der Waals surface area (Å²) >= 11 is 0. The normalized spacial score (nSPS) is 15.2. The number of pyridine rings is 1. The molecule has 1 saturated heterocycles. The van der Waals surface area contributed by atoms with Crippen molar-refractivity contribution >= 4 is 17.6 Å². The average molecular weight is 385 g/mol. The number of nitrogens with zero attached hydrogens (tertiary/aromatic N) is 3. The first-order valence-electron chi connectivity index (χ1n) is 9.26. The molecule has 2 heterocycles. The van der Waals surface area contributed by atoms with Gasteiger partial charge in [-0.25, -0.2) is 9.18 Å². The fourth-order valence-electron chi connectivity index (χ4n) is 3.34. The molecule has 1 aromatic heterocycles. The molecular weight excluding hydrogens is 361 g/mol. The molecule has 0 spiro atoms. The molecule has 1 fully saturated rings. The zero-order chi connectivity index (χ0) is 20.1. The summed E-state index contributed by atoms with van der Waals surface area (Å²) < 4.78 is 18.5. The van der Waals surface area contributed by atoms with E-state index in [0.29, 0.717) is 16.9 Å². The van der Waals surface area contributed by atoms with Crippen LogP contribution in [0.5, 0.6) is 0 Å². The number of piperidine rings is 1. The minimum Gasteiger partial charge on any atom is -0.465 e. The molecule has 148 valence electrons. The number of carbonyl (C=O) groups excluding carboxylic acids is 2. The number of methoxy groups -OCH3 is 1. The standard InChI is InChI=1S/C21H24FN3O3/c1-24-10-8-15(9-11-24)20(26)25(19-5-3-4-17(22)12-19)14-18-7-6-16(13-23-18)21(27)28-2/h3-7,12-13,15H,8-11,14H2,1-2H3. The number of aromatic nitrogens is 1. The smallest absolute Gasteiger partial charge is 0.339 e. The Balaban J connectivity index is 1.84. The zero-order valence-corrected chi connectivity index (χ0v) is 16.1. The van der Waals surface area contributed by atoms with E-state index >= 15 is 0 Å². The second-order valence-electron chi connectivity index (χ2n) is 7.01. The van der Waals surface area contributed by atoms with Crippen molar-refractivity contribution in [1.29, 1.82) is 0 Å². The first-order valence-corrected chi connectivity index (χ1v) is 9.26. The van der Waals surface area contributed by atoms with Gasteiger partial charge in [-0.15, -0.1) is 0 Å². The van der Waals surface area contributed by atoms with Crippen molar-refractivity contribution in [2.24, 2.45) is 5.92 Å². The lowest BCUT2D eigenvalue weighted by Crippen LogP contribution is -2.41. The number of anilines is 1. The highest BCUT2D eigenvalue weighted by Gasteiger charge is 2.29. The van der Waals surface area contributed by atoms with E-state index in [-0.39, 0.29) is 18.4 Å². The van der Waals surface area contributed by atoms with Crippen molar-refractivity contribution in [2.75, 3.05) is 32.1 Å². The highest BCUT2D eigenvalue weighted by Crippen LogP contribution is 2.25. The fourth-order valence-corrected chi connectivity index (χ4v) is 3.34. The lowest BCUT2D eigenvalue weighted by atomic mass is 9.95. The Morgan fingerprint density at radius 1 is 1.25 bits per heavy atom. The predicted molar refractivity (Wildman–Crippen MR) is 103 cm³/mol. The molecule has 0 radical (unpaired) electrons. The van der Waals surface area contributed by atoms with Crippen LogP contribution in [0.1, 0.15) is 28.9 Å². The second-order valence-corrected chi connectivity index (χ2v) is 7.01. The highest BCUT2D eigenvalue weighted by molar-refractivity contribution is 5.95. The number of esters is 1. The Kier molecular flexibility index (Phi) is 6.36. The number of carbonyl (C=O) groups is 2. The molecule has 2 aromatic rings. The molecule has 0 atom stereocenters. The van der Waals surface area contributed by atoms with Crippen LogP contribution >= 0.6 is 0 Å². The summed E-state index contributed by atoms with van der Waals surface area (Å²) in [5.41, 5.74) is 1.45. The molecule has 0 bridgehead atoms. The maximum Gasteiger partial charge on any atom is 0.339 e. The van der Waals surface area contributed by atoms with Gasteiger partial charge >= 0.3 is 5.97 Å². The molecule has 1 aliphatic heterocycles. The van der Waals surface area contributed by atoms with Crippen LogP contribution in [-0.4, -0.2) is 49.0 Å². The van der Waals surface area contributed by atoms with Crippen molar-refractivity contribution in [1.82, 2.24) is 9.88 Å². The number of halogens is 1. The molecule has 7 heteroatoms. The summed E-state index contributed by atoms with van der Waals surface area (Å²) in [6.07, 6.45) is 2.97. The SMILES string of the molecule is COC(=O)c1ccc(CN(C(=O)C2CCN(C)CC2)c2cccc(F)c2)nc1. The monoisotopic (exact) mass is 385 g/mol. The summed E-state index contributed by atoms with van der Waals surface area (Å²) in [4.78, 5) is 32.9. The zero-order valence-electron chi connectivity index (χ0n) is 16.1. The van der Waals surface area contributed by atoms with Crippen LogP contribution in [0.15, 0.2) is 42.6 Å². The number of amides is 1. The summed E-state index contributed by atoms with van der Waals surface area (Å²) in [5.74, 6) is -0.998. The molecule has 1 amide bonds. The van der Waals surface area contributed by atoms with Crippen molar-refractivity contribution in [3.05, 3.63) is 59.7 Å². The van der Waals surface area contributed by atoms with Crippen LogP contribution in [0.2, 0.25) is 0 Å². The van der Waals surface area contributed by atoms with Crippen molar-refractivity contribution in [2.45, 2.75) is 19.4 Å². The molecular formula is C21H24FN3O3. The third kappa shape index (κ3) is 4.72. The van der Waals surface area contributed by atoms with E-state index in [2.05, 4.69) is 14.6 Å². The number of benzene rings is 1. The van der Waals surface area contributed by atoms with Crippen LogP contribution in [-0.2, 0) is 16.1 Å². The Morgan fingerprint density at radius 3 is 2.61 bits per heavy atom. The minimum atomic E-state index is -0.469. The first-order chi connectivity index (χ1) is 13.5. The van der Waals surface area contributed by atoms with E-state index in [9.17, 15) is 14.0 Å². The molecule has 3 rings (SSSR count). The predicted octanol–water partition coefficient (Wildman–Crippen LogP) is 2.88. The van der Waals surface area contributed by atoms with Gasteiger partial charge in [0.1, 0.15) is 5.82 Å². The van der Waals surface area contributed by atoms with E-state index in [1.54, 1.807) is 29.2 Å². The van der Waals surface area contributed by atoms with Crippen molar-refractivity contribution in [3.8, 4) is 0 Å². The topological polar surface area (TPSA) is 62.7 Å². The lowest BCUT2D eigenvalue weighted by Gasteiger charge is -2.32. The second kappa shape index (κ2) is 8.93. The average Bonchev–Trinajstić information content (AvgIpc) is 2.72. The van der Waals surface area contributed by atoms with E-state index < -0.39 is 11.8 Å². The molecule has 0 aliphatic carbocycles. The summed E-state index contributed by atoms with van der Waals surface area (Å²) in [5, 5.41) is 0. The van der Waals surface area contributed by atoms with Crippen LogP contribution < -0.4 is 4.90 Å². The molecule has 1 aromatic carbocycles. The largest absolute Gasteiger partial charge is 0.465 e. The summed E-state index contributed by atoms with van der Waals surface area (Å²) in [6, 6.07) is 9.31. The first kappa shape index (κ1) is 19.9. The molecule has 0 saturated carbocycles. The van der Waals surface area contributed by atoms with Gasteiger partial charge in [-0.05, 0) is 63.3 Å². The number of ether oxygens (including phenoxy) is 1. The van der Waals surface area contributed by atoms with Gasteiger partial charge in [0.05, 0.1) is 24.9 Å². The van der Waals surface area contributed by atoms with Gasteiger partial charge in [0.2, 0.25) is 5.91 Å². The van der Waals surface area contributed by atoms with Gasteiger partial charge in [0.25, 0.3) is 0 Å². The number of hydrogen-bond donors (Lipinski definition) is 0. The highest BCUT2D eigenvalue weighted by atomic mass is 19.1. The lowest BCUT2D eigenvalue weighted by molar-refractivity contribution is -0.123. The Hall–Kier alpha value is -2.80. The molecule has 0 unspecified atom stereocenters. The third-order valence-corrected chi connectivity index (χ3v) is 5.02. The summed E-state index contributed by atoms with van der Waals surface area (Å²) in [7, 11) is 3.35. The molecule has 28 heavy (non-hydrogen) atoms. The quantitative estimate of drug-likeness (QED) is 0.741. The van der Waals surface area contributed by atoms with Crippen LogP contribution in [0.25, 0.3) is 0 Å². The Bertz CT molecular complexity index is 833. The number of likely N-dealkylation sites (tertiary alicyclic amines) is 1. The number of rotatable bonds is 5. The van der Waals surface area contributed by atoms with E-state index in [4.69, 9.17) is 0 Å². The molecule has 1 aliphatic rings. The van der Waals surface area contributed by atoms with Gasteiger partial charge < -0.3 is 14.5 Å². The maximum absolute atomic E-state index is 13.8. The Morgan fingerprint density at radius 2 is 2.00 bits per heavy atom. The van der Waals surface area contributed by atoms with Gasteiger partial charge in [0, 0.05) is 17.8 Å². The van der Waals surface area contributed by atoms with Gasteiger partial charge in [-0.1, -0.05) is 6.07 Å². The van der Waals surface area contributed by atoms with Crippen molar-refractivity contribution in [3.63, 3.8) is 0 Å². The van der Waals surface area contributed by atoms with Gasteiger partial charge in [-0.3, -0.25) is 9.78 Å². The van der Waals surface area contributed by atoms with E-state index in [1.807, 2.05) is 7.05 Å². The van der Waals surface area contributed by atoms with Gasteiger partial charge in [0.15, 0.2) is 0 Å². The number of hydrogen-bond acceptors (Lipinski definition) is 5. The van der Waals surface area contributed by atoms with E-state index in [1.165, 1.54) is 25.4 Å². The summed E-state index contributed by atoms with van der Waals surface area (Å²) in [6.45, 7) is 1.93. The van der Waals surface area contributed by atoms with Crippen LogP contribution in [0, 0.1) is 11.7 Å². The molecule has 6 nitrogen and oxygen atoms in total.